The van der Waals surface area contributed by atoms with Crippen LogP contribution in [0.15, 0.2) is 77.4 Å². The zero-order chi connectivity index (χ0) is 24.8. The average molecular weight is 491 g/mol. The molecule has 0 aliphatic heterocycles. The van der Waals surface area contributed by atoms with Gasteiger partial charge in [0, 0.05) is 10.7 Å². The fourth-order valence-electron chi connectivity index (χ4n) is 2.95. The SMILES string of the molecule is C=CCN(c1ccc(Cl)cc1)S(=O)(=O)c1cccc(C(=O)OC/C(O)=C(\C(C)=N)C(C)=O)c1. The van der Waals surface area contributed by atoms with Gasteiger partial charge in [-0.2, -0.15) is 0 Å². The van der Waals surface area contributed by atoms with Gasteiger partial charge in [-0.3, -0.25) is 9.10 Å². The molecule has 0 aromatic heterocycles. The summed E-state index contributed by atoms with van der Waals surface area (Å²) in [4.78, 5) is 23.9. The van der Waals surface area contributed by atoms with Crippen LogP contribution in [-0.2, 0) is 19.6 Å². The summed E-state index contributed by atoms with van der Waals surface area (Å²) >= 11 is 5.90. The number of ether oxygens (including phenoxy) is 1. The molecule has 0 saturated carbocycles. The predicted octanol–water partition coefficient (Wildman–Crippen LogP) is 4.32. The Morgan fingerprint density at radius 1 is 1.18 bits per heavy atom. The minimum Gasteiger partial charge on any atom is -0.508 e. The lowest BCUT2D eigenvalue weighted by Crippen LogP contribution is -2.31. The van der Waals surface area contributed by atoms with E-state index in [1.54, 1.807) is 24.3 Å². The largest absolute Gasteiger partial charge is 0.508 e. The maximum Gasteiger partial charge on any atom is 0.338 e. The number of benzene rings is 2. The van der Waals surface area contributed by atoms with E-state index in [4.69, 9.17) is 21.7 Å². The molecule has 0 heterocycles. The molecule has 2 rings (SSSR count). The second-order valence-corrected chi connectivity index (χ2v) is 9.21. The summed E-state index contributed by atoms with van der Waals surface area (Å²) in [6, 6.07) is 11.4. The summed E-state index contributed by atoms with van der Waals surface area (Å²) in [5.41, 5.74) is -0.133. The zero-order valence-electron chi connectivity index (χ0n) is 18.0. The molecule has 8 nitrogen and oxygen atoms in total. The molecular weight excluding hydrogens is 468 g/mol. The molecule has 0 spiro atoms. The van der Waals surface area contributed by atoms with Gasteiger partial charge in [-0.25, -0.2) is 13.2 Å². The van der Waals surface area contributed by atoms with Gasteiger partial charge in [-0.15, -0.1) is 6.58 Å². The number of allylic oxidation sites excluding steroid dienone is 1. The molecule has 0 fully saturated rings. The van der Waals surface area contributed by atoms with E-state index in [9.17, 15) is 23.1 Å². The summed E-state index contributed by atoms with van der Waals surface area (Å²) in [5.74, 6) is -2.02. The van der Waals surface area contributed by atoms with Crippen molar-refractivity contribution in [3.63, 3.8) is 0 Å². The third kappa shape index (κ3) is 6.30. The number of anilines is 1. The molecule has 33 heavy (non-hydrogen) atoms. The quantitative estimate of drug-likeness (QED) is 0.168. The summed E-state index contributed by atoms with van der Waals surface area (Å²) in [5, 5.41) is 18.0. The van der Waals surface area contributed by atoms with Crippen LogP contribution in [0, 0.1) is 5.41 Å². The van der Waals surface area contributed by atoms with Crippen LogP contribution in [-0.4, -0.2) is 44.1 Å². The highest BCUT2D eigenvalue weighted by Gasteiger charge is 2.25. The average Bonchev–Trinajstić information content (AvgIpc) is 2.76. The van der Waals surface area contributed by atoms with E-state index in [2.05, 4.69) is 6.58 Å². The van der Waals surface area contributed by atoms with Crippen molar-refractivity contribution in [3.05, 3.63) is 83.1 Å². The number of ketones is 1. The van der Waals surface area contributed by atoms with Gasteiger partial charge in [0.25, 0.3) is 10.0 Å². The van der Waals surface area contributed by atoms with Crippen molar-refractivity contribution in [2.45, 2.75) is 18.7 Å². The van der Waals surface area contributed by atoms with Crippen molar-refractivity contribution in [2.24, 2.45) is 0 Å². The lowest BCUT2D eigenvalue weighted by molar-refractivity contribution is -0.113. The molecule has 2 aromatic carbocycles. The Bertz CT molecular complexity index is 1200. The number of rotatable bonds is 10. The number of aliphatic hydroxyl groups excluding tert-OH is 1. The van der Waals surface area contributed by atoms with E-state index in [-0.39, 0.29) is 28.3 Å². The number of esters is 1. The van der Waals surface area contributed by atoms with Crippen LogP contribution >= 0.6 is 11.6 Å². The number of hydrogen-bond donors (Lipinski definition) is 2. The van der Waals surface area contributed by atoms with Crippen LogP contribution in [0.5, 0.6) is 0 Å². The fraction of sp³-hybridized carbons (Fsp3) is 0.174. The van der Waals surface area contributed by atoms with Crippen LogP contribution in [0.4, 0.5) is 5.69 Å². The number of hydrogen-bond acceptors (Lipinski definition) is 7. The lowest BCUT2D eigenvalue weighted by atomic mass is 10.1. The molecule has 0 unspecified atom stereocenters. The monoisotopic (exact) mass is 490 g/mol. The molecular formula is C23H23ClN2O6S. The first-order chi connectivity index (χ1) is 15.5. The molecule has 0 radical (unpaired) electrons. The number of nitrogens with zero attached hydrogens (tertiary/aromatic N) is 1. The van der Waals surface area contributed by atoms with Crippen molar-refractivity contribution < 1.29 is 27.9 Å². The highest BCUT2D eigenvalue weighted by atomic mass is 35.5. The van der Waals surface area contributed by atoms with Crippen LogP contribution in [0.1, 0.15) is 24.2 Å². The maximum atomic E-state index is 13.3. The van der Waals surface area contributed by atoms with Crippen molar-refractivity contribution in [1.82, 2.24) is 0 Å². The predicted molar refractivity (Wildman–Crippen MR) is 127 cm³/mol. The Labute approximate surface area is 197 Å². The van der Waals surface area contributed by atoms with Crippen molar-refractivity contribution >= 4 is 44.8 Å². The van der Waals surface area contributed by atoms with Gasteiger partial charge in [0.2, 0.25) is 0 Å². The van der Waals surface area contributed by atoms with E-state index in [1.807, 2.05) is 0 Å². The number of nitrogens with one attached hydrogen (secondary N) is 1. The third-order valence-corrected chi connectivity index (χ3v) is 6.46. The standard InChI is InChI=1S/C23H23ClN2O6S/c1-4-12-26(19-10-8-18(24)9-11-19)33(30,31)20-7-5-6-17(13-20)23(29)32-14-21(28)22(15(2)25)16(3)27/h4-11,13,25,28H,1,12,14H2,2-3H3/b22-21-,25-15?. The molecule has 2 N–H and O–H groups in total. The zero-order valence-corrected chi connectivity index (χ0v) is 19.6. The lowest BCUT2D eigenvalue weighted by Gasteiger charge is -2.23. The van der Waals surface area contributed by atoms with Crippen molar-refractivity contribution in [2.75, 3.05) is 17.5 Å². The Kier molecular flexibility index (Phi) is 8.56. The van der Waals surface area contributed by atoms with Crippen molar-refractivity contribution in [1.29, 1.82) is 5.41 Å². The summed E-state index contributed by atoms with van der Waals surface area (Å²) in [6.07, 6.45) is 1.43. The summed E-state index contributed by atoms with van der Waals surface area (Å²) in [6.45, 7) is 5.43. The smallest absolute Gasteiger partial charge is 0.338 e. The molecule has 0 saturated heterocycles. The molecule has 10 heteroatoms. The minimum atomic E-state index is -4.07. The second kappa shape index (κ2) is 10.9. The summed E-state index contributed by atoms with van der Waals surface area (Å²) < 4.78 is 32.7. The molecule has 0 aliphatic carbocycles. The van der Waals surface area contributed by atoms with Gasteiger partial charge in [0.15, 0.2) is 5.78 Å². The van der Waals surface area contributed by atoms with E-state index >= 15 is 0 Å². The molecule has 174 valence electrons. The number of aliphatic hydroxyl groups is 1. The van der Waals surface area contributed by atoms with Gasteiger partial charge < -0.3 is 15.3 Å². The minimum absolute atomic E-state index is 0.0197. The third-order valence-electron chi connectivity index (χ3n) is 4.42. The molecule has 2 aromatic rings. The van der Waals surface area contributed by atoms with E-state index in [0.717, 1.165) is 10.4 Å². The van der Waals surface area contributed by atoms with Crippen LogP contribution in [0.2, 0.25) is 5.02 Å². The topological polar surface area (TPSA) is 125 Å². The van der Waals surface area contributed by atoms with Gasteiger partial charge in [0.05, 0.1) is 28.3 Å². The normalized spacial score (nSPS) is 11.8. The number of carbonyl (C=O) groups excluding carboxylic acids is 2. The van der Waals surface area contributed by atoms with Crippen LogP contribution in [0.3, 0.4) is 0 Å². The first kappa shape index (κ1) is 25.8. The fourth-order valence-corrected chi connectivity index (χ4v) is 4.56. The first-order valence-electron chi connectivity index (χ1n) is 9.64. The Morgan fingerprint density at radius 2 is 1.82 bits per heavy atom. The summed E-state index contributed by atoms with van der Waals surface area (Å²) in [7, 11) is -4.07. The highest BCUT2D eigenvalue weighted by Crippen LogP contribution is 2.26. The number of Topliss-reactive ketones (excluding diaryl/α,β-unsaturated/α-hetero) is 1. The van der Waals surface area contributed by atoms with Crippen LogP contribution < -0.4 is 4.31 Å². The van der Waals surface area contributed by atoms with Crippen molar-refractivity contribution in [3.8, 4) is 0 Å². The maximum absolute atomic E-state index is 13.3. The van der Waals surface area contributed by atoms with E-state index in [0.29, 0.717) is 10.7 Å². The number of sulfonamides is 1. The Balaban J connectivity index is 2.33. The number of carbonyl (C=O) groups is 2. The molecule has 0 bridgehead atoms. The van der Waals surface area contributed by atoms with Gasteiger partial charge in [-0.05, 0) is 56.3 Å². The van der Waals surface area contributed by atoms with Gasteiger partial charge >= 0.3 is 5.97 Å². The first-order valence-corrected chi connectivity index (χ1v) is 11.5. The highest BCUT2D eigenvalue weighted by molar-refractivity contribution is 7.92. The molecule has 0 aliphatic rings. The Morgan fingerprint density at radius 3 is 2.36 bits per heavy atom. The second-order valence-electron chi connectivity index (χ2n) is 6.91. The van der Waals surface area contributed by atoms with Gasteiger partial charge in [-0.1, -0.05) is 23.7 Å². The van der Waals surface area contributed by atoms with E-state index < -0.39 is 34.1 Å². The molecule has 0 atom stereocenters. The van der Waals surface area contributed by atoms with E-state index in [1.165, 1.54) is 38.1 Å². The van der Waals surface area contributed by atoms with Crippen LogP contribution in [0.25, 0.3) is 0 Å². The molecule has 0 amide bonds. The number of halogens is 1. The van der Waals surface area contributed by atoms with Gasteiger partial charge in [0.1, 0.15) is 12.4 Å². The Hall–Kier alpha value is -3.43.